The number of hydrogen-bond donors (Lipinski definition) is 0. The van der Waals surface area contributed by atoms with Crippen LogP contribution < -0.4 is 0 Å². The topological polar surface area (TPSA) is 12.5 Å². The lowest BCUT2D eigenvalue weighted by Crippen LogP contribution is -1.78. The van der Waals surface area contributed by atoms with Gasteiger partial charge in [0.05, 0.1) is 0 Å². The molecule has 1 saturated heterocycles. The Hall–Kier alpha value is 0.310. The third kappa shape index (κ3) is 2.19. The van der Waals surface area contributed by atoms with Crippen molar-refractivity contribution in [1.29, 1.82) is 0 Å². The molecule has 1 fully saturated rings. The molecule has 0 aliphatic carbocycles. The van der Waals surface area contributed by atoms with Crippen LogP contribution in [0.2, 0.25) is 0 Å². The van der Waals surface area contributed by atoms with Gasteiger partial charge in [-0.25, -0.2) is 0 Å². The van der Waals surface area contributed by atoms with Crippen molar-refractivity contribution in [2.24, 2.45) is 0 Å². The maximum atomic E-state index is 4.93. The minimum Gasteiger partial charge on any atom is -0.296 e. The van der Waals surface area contributed by atoms with Crippen molar-refractivity contribution in [2.75, 3.05) is 0 Å². The van der Waals surface area contributed by atoms with Crippen molar-refractivity contribution >= 4 is 12.0 Å². The summed E-state index contributed by atoms with van der Waals surface area (Å²) in [7, 11) is 0. The van der Waals surface area contributed by atoms with Crippen molar-refractivity contribution in [2.45, 2.75) is 31.6 Å². The van der Waals surface area contributed by atoms with Crippen LogP contribution >= 0.6 is 12.0 Å². The van der Waals surface area contributed by atoms with Gasteiger partial charge in [0.15, 0.2) is 0 Å². The molecule has 0 spiro atoms. The van der Waals surface area contributed by atoms with Gasteiger partial charge < -0.3 is 0 Å². The highest BCUT2D eigenvalue weighted by Crippen LogP contribution is 2.36. The summed E-state index contributed by atoms with van der Waals surface area (Å²) in [6.07, 6.45) is 3.86. The summed E-state index contributed by atoms with van der Waals surface area (Å²) >= 11 is 1.61. The Kier molecular flexibility index (Phi) is 2.00. The second-order valence-corrected chi connectivity index (χ2v) is 2.67. The zero-order valence-corrected chi connectivity index (χ0v) is 5.33. The Balaban J connectivity index is 1.80. The van der Waals surface area contributed by atoms with Gasteiger partial charge in [0.1, 0.15) is 5.44 Å². The quantitative estimate of drug-likeness (QED) is 0.416. The Morgan fingerprint density at radius 1 is 1.71 bits per heavy atom. The molecule has 42 valence electrons. The largest absolute Gasteiger partial charge is 0.296 e. The molecule has 1 rings (SSSR count). The molecule has 1 heterocycles. The third-order valence-electron chi connectivity index (χ3n) is 1.03. The van der Waals surface area contributed by atoms with E-state index in [4.69, 9.17) is 4.18 Å². The number of hydrogen-bond acceptors (Lipinski definition) is 2. The minimum atomic E-state index is 0.569. The Labute approximate surface area is 48.6 Å². The fourth-order valence-corrected chi connectivity index (χ4v) is 0.944. The van der Waals surface area contributed by atoms with Crippen molar-refractivity contribution in [3.05, 3.63) is 0 Å². The van der Waals surface area contributed by atoms with Gasteiger partial charge in [0.25, 0.3) is 0 Å². The first kappa shape index (κ1) is 5.45. The lowest BCUT2D eigenvalue weighted by Gasteiger charge is -1.84. The van der Waals surface area contributed by atoms with Crippen LogP contribution in [0.15, 0.2) is 0 Å². The highest BCUT2D eigenvalue weighted by Gasteiger charge is 2.23. The van der Waals surface area contributed by atoms with E-state index in [1.165, 1.54) is 19.3 Å². The average Bonchev–Trinajstić information content (AvgIpc) is 2.42. The zero-order chi connectivity index (χ0) is 5.11. The van der Waals surface area contributed by atoms with E-state index in [1.807, 2.05) is 0 Å². The Morgan fingerprint density at radius 3 is 2.86 bits per heavy atom. The summed E-state index contributed by atoms with van der Waals surface area (Å²) in [5, 5.41) is 0. The molecular formula is C5H10OS. The van der Waals surface area contributed by atoms with Gasteiger partial charge >= 0.3 is 0 Å². The predicted molar refractivity (Wildman–Crippen MR) is 32.0 cm³/mol. The standard InChI is InChI=1S/C5H10OS/c1-2-3-4-5-6-7-5/h5H,2-4H2,1H3. The third-order valence-corrected chi connectivity index (χ3v) is 1.73. The van der Waals surface area contributed by atoms with Crippen LogP contribution in [0.3, 0.4) is 0 Å². The van der Waals surface area contributed by atoms with Gasteiger partial charge in [0.2, 0.25) is 0 Å². The van der Waals surface area contributed by atoms with Gasteiger partial charge in [-0.3, -0.25) is 4.18 Å². The smallest absolute Gasteiger partial charge is 0.143 e. The molecular weight excluding hydrogens is 108 g/mol. The molecule has 2 heteroatoms. The van der Waals surface area contributed by atoms with E-state index < -0.39 is 0 Å². The number of unbranched alkanes of at least 4 members (excludes halogenated alkanes) is 1. The highest BCUT2D eigenvalue weighted by atomic mass is 32.2. The van der Waals surface area contributed by atoms with Crippen molar-refractivity contribution < 1.29 is 4.18 Å². The lowest BCUT2D eigenvalue weighted by atomic mass is 10.3. The van der Waals surface area contributed by atoms with Crippen molar-refractivity contribution in [3.8, 4) is 0 Å². The van der Waals surface area contributed by atoms with Crippen LogP contribution in [-0.2, 0) is 4.18 Å². The van der Waals surface area contributed by atoms with E-state index in [0.717, 1.165) is 0 Å². The molecule has 0 N–H and O–H groups in total. The molecule has 0 aromatic carbocycles. The fourth-order valence-electron chi connectivity index (χ4n) is 0.506. The average molecular weight is 118 g/mol. The van der Waals surface area contributed by atoms with E-state index in [-0.39, 0.29) is 0 Å². The molecule has 7 heavy (non-hydrogen) atoms. The minimum absolute atomic E-state index is 0.569. The Morgan fingerprint density at radius 2 is 2.43 bits per heavy atom. The van der Waals surface area contributed by atoms with Gasteiger partial charge in [-0.1, -0.05) is 19.8 Å². The molecule has 1 aliphatic heterocycles. The first-order valence-electron chi connectivity index (χ1n) is 2.75. The summed E-state index contributed by atoms with van der Waals surface area (Å²) in [4.78, 5) is 0. The van der Waals surface area contributed by atoms with Crippen LogP contribution in [0.5, 0.6) is 0 Å². The SMILES string of the molecule is CCCCC1OS1. The van der Waals surface area contributed by atoms with Gasteiger partial charge in [-0.15, -0.1) is 0 Å². The Bertz CT molecular complexity index is 52.0. The predicted octanol–water partition coefficient (Wildman–Crippen LogP) is 2.18. The van der Waals surface area contributed by atoms with Crippen LogP contribution in [-0.4, -0.2) is 5.44 Å². The molecule has 0 aromatic rings. The second kappa shape index (κ2) is 2.58. The van der Waals surface area contributed by atoms with Gasteiger partial charge in [-0.05, 0) is 6.42 Å². The fraction of sp³-hybridized carbons (Fsp3) is 1.00. The molecule has 1 unspecified atom stereocenters. The van der Waals surface area contributed by atoms with Gasteiger partial charge in [-0.2, -0.15) is 0 Å². The lowest BCUT2D eigenvalue weighted by molar-refractivity contribution is 0.431. The number of rotatable bonds is 3. The monoisotopic (exact) mass is 118 g/mol. The van der Waals surface area contributed by atoms with E-state index in [0.29, 0.717) is 5.44 Å². The summed E-state index contributed by atoms with van der Waals surface area (Å²) in [6.45, 7) is 2.20. The summed E-state index contributed by atoms with van der Waals surface area (Å²) in [6, 6.07) is 0. The first-order valence-corrected chi connectivity index (χ1v) is 3.56. The first-order chi connectivity index (χ1) is 3.43. The second-order valence-electron chi connectivity index (χ2n) is 1.76. The van der Waals surface area contributed by atoms with Crippen LogP contribution in [0.25, 0.3) is 0 Å². The maximum Gasteiger partial charge on any atom is 0.143 e. The highest BCUT2D eigenvalue weighted by molar-refractivity contribution is 8.00. The summed E-state index contributed by atoms with van der Waals surface area (Å²) < 4.78 is 4.93. The van der Waals surface area contributed by atoms with E-state index >= 15 is 0 Å². The molecule has 0 bridgehead atoms. The molecule has 1 nitrogen and oxygen atoms in total. The van der Waals surface area contributed by atoms with E-state index in [2.05, 4.69) is 6.92 Å². The summed E-state index contributed by atoms with van der Waals surface area (Å²) in [5.41, 5.74) is 0.569. The van der Waals surface area contributed by atoms with Gasteiger partial charge in [0, 0.05) is 12.0 Å². The van der Waals surface area contributed by atoms with E-state index in [1.54, 1.807) is 12.0 Å². The molecule has 1 aliphatic rings. The maximum absolute atomic E-state index is 4.93. The van der Waals surface area contributed by atoms with Crippen LogP contribution in [0.1, 0.15) is 26.2 Å². The molecule has 0 amide bonds. The molecule has 0 saturated carbocycles. The normalized spacial score (nSPS) is 27.9. The molecule has 0 radical (unpaired) electrons. The molecule has 0 aromatic heterocycles. The summed E-state index contributed by atoms with van der Waals surface area (Å²) in [5.74, 6) is 0. The van der Waals surface area contributed by atoms with E-state index in [9.17, 15) is 0 Å². The molecule has 1 atom stereocenters. The van der Waals surface area contributed by atoms with Crippen LogP contribution in [0, 0.1) is 0 Å². The zero-order valence-electron chi connectivity index (χ0n) is 4.52. The van der Waals surface area contributed by atoms with Crippen molar-refractivity contribution in [1.82, 2.24) is 0 Å². The van der Waals surface area contributed by atoms with Crippen LogP contribution in [0.4, 0.5) is 0 Å². The van der Waals surface area contributed by atoms with Crippen molar-refractivity contribution in [3.63, 3.8) is 0 Å².